The van der Waals surface area contributed by atoms with Crippen LogP contribution >= 0.6 is 38.6 Å². The minimum absolute atomic E-state index is 0.891. The molecule has 1 N–H and O–H groups in total. The summed E-state index contributed by atoms with van der Waals surface area (Å²) in [5.74, 6) is 0. The number of hydrogen-bond donors (Lipinski definition) is 1. The predicted octanol–water partition coefficient (Wildman–Crippen LogP) is 29.1. The summed E-state index contributed by atoms with van der Waals surface area (Å²) >= 11 is 7.21. The lowest BCUT2D eigenvalue weighted by molar-refractivity contribution is 0.668. The zero-order chi connectivity index (χ0) is 69.9. The SMILES string of the molecule is Brc1ccc2sc3ccccc3c2c1.c1ccc2c(c1)[nH]c1ccc3c4ccc5c(c6ccccc6n5-c5ccc6oc7ccccc7c6c5)c4oc3c12.c1ccc2c(c1)oc1ccc(-n3c4ccccc4c4c5oc6c(ccc7c6c6ccccc6n7-c6ccc7sc8ccccc8c7c6)c5ccc43)cc12. The fourth-order valence-corrected chi connectivity index (χ4v) is 20.1. The van der Waals surface area contributed by atoms with Gasteiger partial charge in [0.05, 0.1) is 60.2 Å². The molecule has 0 atom stereocenters. The van der Waals surface area contributed by atoms with Crippen LogP contribution in [0.2, 0.25) is 0 Å². The molecule has 0 fully saturated rings. The molecule has 0 saturated carbocycles. The van der Waals surface area contributed by atoms with Crippen molar-refractivity contribution in [3.8, 4) is 17.1 Å². The van der Waals surface area contributed by atoms with Gasteiger partial charge in [0, 0.05) is 132 Å². The number of nitrogens with zero attached hydrogens (tertiary/aromatic N) is 3. The number of thiophene rings is 2. The van der Waals surface area contributed by atoms with Gasteiger partial charge in [-0.2, -0.15) is 0 Å². The largest absolute Gasteiger partial charge is 0.456 e. The molecule has 500 valence electrons. The lowest BCUT2D eigenvalue weighted by Gasteiger charge is -2.08. The first-order chi connectivity index (χ1) is 53.0. The first-order valence-electron chi connectivity index (χ1n) is 35.9. The normalized spacial score (nSPS) is 12.3. The Kier molecular flexibility index (Phi) is 12.4. The first-order valence-corrected chi connectivity index (χ1v) is 38.3. The van der Waals surface area contributed by atoms with Crippen LogP contribution in [0.3, 0.4) is 0 Å². The van der Waals surface area contributed by atoms with Crippen LogP contribution in [0.25, 0.3) is 232 Å². The number of H-pyrrole nitrogens is 1. The number of rotatable bonds is 3. The van der Waals surface area contributed by atoms with Crippen LogP contribution < -0.4 is 0 Å². The molecular weight excluding hydrogens is 1420 g/mol. The number of halogens is 1. The summed E-state index contributed by atoms with van der Waals surface area (Å²) in [6.07, 6.45) is 0. The van der Waals surface area contributed by atoms with Crippen molar-refractivity contribution in [3.63, 3.8) is 0 Å². The van der Waals surface area contributed by atoms with Crippen LogP contribution in [0.5, 0.6) is 0 Å². The van der Waals surface area contributed by atoms with Gasteiger partial charge in [-0.05, 0) is 170 Å². The molecule has 10 heterocycles. The molecular formula is C96H53BrN4O4S2. The molecule has 0 aliphatic rings. The van der Waals surface area contributed by atoms with E-state index in [1.165, 1.54) is 67.4 Å². The van der Waals surface area contributed by atoms with Crippen LogP contribution in [0.4, 0.5) is 0 Å². The van der Waals surface area contributed by atoms with E-state index < -0.39 is 0 Å². The van der Waals surface area contributed by atoms with Gasteiger partial charge >= 0.3 is 0 Å². The molecule has 8 nitrogen and oxygen atoms in total. The molecule has 26 aromatic rings. The van der Waals surface area contributed by atoms with Gasteiger partial charge in [-0.15, -0.1) is 22.7 Å². The van der Waals surface area contributed by atoms with Crippen LogP contribution in [0.15, 0.2) is 338 Å². The Hall–Kier alpha value is -13.2. The second-order valence-corrected chi connectivity index (χ2v) is 31.0. The standard InChI is InChI=1S/C48H26N2O2S.C36H20N2O2.C12H7BrS/c1-5-13-37-33(11-1)45-39(49(37)27-17-23-42-35(25-27)29-9-3-7-15-41(29)51-42)21-19-31-32-20-22-40-46(48(32)52-47(31)45)34-12-2-6-14-38(34)50(40)28-18-24-44-36(26-28)30-10-4-8-16-43(30)53-44;1-4-10-27-24(8-1)33-28(37-27)16-14-22-23-15-17-30-34(36(23)40-35(22)33)25-9-2-5-11-29(25)38(30)20-13-18-32-26(19-20)21-7-3-6-12-31(21)39-32;13-8-5-6-12-10(7-8)9-3-1-2-4-11(9)14-12/h1-26H;1-19,37H;1-7H. The van der Waals surface area contributed by atoms with E-state index in [0.29, 0.717) is 0 Å². The maximum Gasteiger partial charge on any atom is 0.145 e. The summed E-state index contributed by atoms with van der Waals surface area (Å²) in [6, 6.07) is 112. The monoisotopic (exact) mass is 1470 g/mol. The number of fused-ring (bicyclic) bond motifs is 34. The van der Waals surface area contributed by atoms with Crippen molar-refractivity contribution in [2.24, 2.45) is 0 Å². The van der Waals surface area contributed by atoms with E-state index >= 15 is 0 Å². The van der Waals surface area contributed by atoms with Gasteiger partial charge in [0.2, 0.25) is 0 Å². The second kappa shape index (κ2) is 22.4. The lowest BCUT2D eigenvalue weighted by atomic mass is 10.1. The van der Waals surface area contributed by atoms with Gasteiger partial charge in [-0.25, -0.2) is 0 Å². The van der Waals surface area contributed by atoms with Gasteiger partial charge in [-0.1, -0.05) is 162 Å². The highest BCUT2D eigenvalue weighted by Gasteiger charge is 2.26. The number of para-hydroxylation sites is 6. The summed E-state index contributed by atoms with van der Waals surface area (Å²) in [5.41, 5.74) is 19.7. The molecule has 0 unspecified atom stereocenters. The number of hydrogen-bond acceptors (Lipinski definition) is 6. The molecule has 0 bridgehead atoms. The van der Waals surface area contributed by atoms with Crippen molar-refractivity contribution < 1.29 is 17.7 Å². The number of nitrogens with one attached hydrogen (secondary N) is 1. The summed E-state index contributed by atoms with van der Waals surface area (Å²) < 4.78 is 40.0. The fourth-order valence-electron chi connectivity index (χ4n) is 17.6. The first kappa shape index (κ1) is 59.2. The molecule has 26 rings (SSSR count). The average Bonchev–Trinajstić information content (AvgIpc) is 1.61. The molecule has 16 aromatic carbocycles. The van der Waals surface area contributed by atoms with Crippen molar-refractivity contribution in [2.75, 3.05) is 0 Å². The summed E-state index contributed by atoms with van der Waals surface area (Å²) in [4.78, 5) is 3.56. The predicted molar refractivity (Wildman–Crippen MR) is 454 cm³/mol. The smallest absolute Gasteiger partial charge is 0.145 e. The minimum Gasteiger partial charge on any atom is -0.456 e. The third-order valence-corrected chi connectivity index (χ3v) is 25.0. The van der Waals surface area contributed by atoms with Crippen molar-refractivity contribution in [3.05, 3.63) is 320 Å². The summed E-state index contributed by atoms with van der Waals surface area (Å²) in [7, 11) is 0. The van der Waals surface area contributed by atoms with E-state index in [1.807, 2.05) is 46.9 Å². The highest BCUT2D eigenvalue weighted by molar-refractivity contribution is 9.10. The Balaban J connectivity index is 0.000000110. The van der Waals surface area contributed by atoms with E-state index in [4.69, 9.17) is 17.7 Å². The number of furan rings is 4. The van der Waals surface area contributed by atoms with Crippen molar-refractivity contribution in [2.45, 2.75) is 0 Å². The quantitative estimate of drug-likeness (QED) is 0.191. The van der Waals surface area contributed by atoms with Crippen LogP contribution in [-0.2, 0) is 0 Å². The summed E-state index contributed by atoms with van der Waals surface area (Å²) in [6.45, 7) is 0. The van der Waals surface area contributed by atoms with Gasteiger partial charge in [0.25, 0.3) is 0 Å². The number of aromatic nitrogens is 4. The Morgan fingerprint density at radius 1 is 0.224 bits per heavy atom. The van der Waals surface area contributed by atoms with Gasteiger partial charge in [0.1, 0.15) is 44.7 Å². The van der Waals surface area contributed by atoms with Crippen LogP contribution in [0, 0.1) is 0 Å². The topological polar surface area (TPSA) is 83.1 Å². The highest BCUT2D eigenvalue weighted by atomic mass is 79.9. The van der Waals surface area contributed by atoms with Crippen molar-refractivity contribution in [1.82, 2.24) is 18.7 Å². The molecule has 0 amide bonds. The zero-order valence-electron chi connectivity index (χ0n) is 56.7. The average molecular weight is 1470 g/mol. The Morgan fingerprint density at radius 3 is 1.07 bits per heavy atom. The maximum atomic E-state index is 7.18. The fraction of sp³-hybridized carbons (Fsp3) is 0. The number of aromatic amines is 1. The van der Waals surface area contributed by atoms with E-state index in [2.05, 4.69) is 326 Å². The van der Waals surface area contributed by atoms with E-state index in [9.17, 15) is 0 Å². The number of benzene rings is 16. The molecule has 0 saturated heterocycles. The van der Waals surface area contributed by atoms with Crippen LogP contribution in [0.1, 0.15) is 0 Å². The molecule has 0 aliphatic heterocycles. The molecule has 107 heavy (non-hydrogen) atoms. The molecule has 10 aromatic heterocycles. The third kappa shape index (κ3) is 8.58. The Labute approximate surface area is 622 Å². The van der Waals surface area contributed by atoms with Gasteiger partial charge in [0.15, 0.2) is 0 Å². The highest BCUT2D eigenvalue weighted by Crippen LogP contribution is 2.49. The van der Waals surface area contributed by atoms with Gasteiger partial charge < -0.3 is 36.4 Å². The van der Waals surface area contributed by atoms with E-state index in [-0.39, 0.29) is 0 Å². The Morgan fingerprint density at radius 2 is 0.579 bits per heavy atom. The minimum atomic E-state index is 0.891. The zero-order valence-corrected chi connectivity index (χ0v) is 59.9. The Bertz CT molecular complexity index is 8080. The third-order valence-electron chi connectivity index (χ3n) is 22.2. The van der Waals surface area contributed by atoms with E-state index in [0.717, 1.165) is 169 Å². The maximum absolute atomic E-state index is 7.18. The molecule has 11 heteroatoms. The van der Waals surface area contributed by atoms with E-state index in [1.54, 1.807) is 0 Å². The molecule has 0 aliphatic carbocycles. The summed E-state index contributed by atoms with van der Waals surface area (Å²) in [5, 5.41) is 23.5. The van der Waals surface area contributed by atoms with Gasteiger partial charge in [-0.3, -0.25) is 0 Å². The molecule has 0 radical (unpaired) electrons. The van der Waals surface area contributed by atoms with Crippen molar-refractivity contribution in [1.29, 1.82) is 0 Å². The lowest BCUT2D eigenvalue weighted by Crippen LogP contribution is -1.93. The second-order valence-electron chi connectivity index (χ2n) is 27.9. The van der Waals surface area contributed by atoms with Crippen LogP contribution in [-0.4, -0.2) is 18.7 Å². The van der Waals surface area contributed by atoms with Crippen molar-refractivity contribution >= 4 is 254 Å². The molecule has 0 spiro atoms.